The fourth-order valence-corrected chi connectivity index (χ4v) is 4.18. The first kappa shape index (κ1) is 18.3. The van der Waals surface area contributed by atoms with E-state index in [2.05, 4.69) is 0 Å². The molecule has 0 spiro atoms. The molecule has 2 aromatic rings. The van der Waals surface area contributed by atoms with Crippen molar-refractivity contribution in [2.24, 2.45) is 0 Å². The molecule has 1 aliphatic heterocycles. The van der Waals surface area contributed by atoms with Crippen molar-refractivity contribution in [3.05, 3.63) is 69.8 Å². The number of non-ortho nitro benzene ring substituents is 1. The molecule has 0 bridgehead atoms. The van der Waals surface area contributed by atoms with Crippen molar-refractivity contribution in [2.45, 2.75) is 23.5 Å². The van der Waals surface area contributed by atoms with Crippen LogP contribution in [0.2, 0.25) is 0 Å². The Balaban J connectivity index is 1.68. The highest BCUT2D eigenvalue weighted by molar-refractivity contribution is 7.89. The maximum atomic E-state index is 12.5. The van der Waals surface area contributed by atoms with E-state index in [0.717, 1.165) is 24.3 Å². The smallest absolute Gasteiger partial charge is 0.258 e. The Morgan fingerprint density at radius 2 is 1.65 bits per heavy atom. The van der Waals surface area contributed by atoms with E-state index in [0.29, 0.717) is 12.0 Å². The minimum Gasteiger partial charge on any atom is -0.258 e. The van der Waals surface area contributed by atoms with Crippen LogP contribution < -0.4 is 0 Å². The van der Waals surface area contributed by atoms with Gasteiger partial charge in [-0.2, -0.15) is 17.5 Å². The van der Waals surface area contributed by atoms with Gasteiger partial charge in [-0.15, -0.1) is 0 Å². The molecule has 2 unspecified atom stereocenters. The van der Waals surface area contributed by atoms with Crippen LogP contribution in [0.3, 0.4) is 0 Å². The lowest BCUT2D eigenvalue weighted by molar-refractivity contribution is -0.384. The molecule has 1 heterocycles. The van der Waals surface area contributed by atoms with Crippen LogP contribution in [0.1, 0.15) is 11.1 Å². The van der Waals surface area contributed by atoms with E-state index in [4.69, 9.17) is 0 Å². The van der Waals surface area contributed by atoms with Gasteiger partial charge in [0.05, 0.1) is 15.4 Å². The first-order valence-electron chi connectivity index (χ1n) is 7.51. The fraction of sp³-hybridized carbons (Fsp3) is 0.250. The number of rotatable bonds is 5. The van der Waals surface area contributed by atoms with Crippen molar-refractivity contribution in [1.29, 1.82) is 0 Å². The van der Waals surface area contributed by atoms with E-state index < -0.39 is 26.7 Å². The largest absolute Gasteiger partial charge is 0.416 e. The van der Waals surface area contributed by atoms with Gasteiger partial charge in [0.25, 0.3) is 5.69 Å². The minimum atomic E-state index is -4.41. The first-order valence-corrected chi connectivity index (χ1v) is 8.95. The average molecular weight is 386 g/mol. The van der Waals surface area contributed by atoms with Crippen LogP contribution in [0.4, 0.5) is 18.9 Å². The number of halogens is 3. The summed E-state index contributed by atoms with van der Waals surface area (Å²) in [6.45, 7) is 0.250. The van der Waals surface area contributed by atoms with Crippen molar-refractivity contribution in [2.75, 3.05) is 6.54 Å². The predicted octanol–water partition coefficient (Wildman–Crippen LogP) is 3.23. The molecule has 1 aliphatic rings. The molecule has 1 saturated heterocycles. The Kier molecular flexibility index (Phi) is 4.49. The summed E-state index contributed by atoms with van der Waals surface area (Å²) in [6, 6.07) is 8.81. The molecule has 1 fully saturated rings. The molecule has 26 heavy (non-hydrogen) atoms. The molecule has 0 radical (unpaired) electrons. The number of nitrogens with zero attached hydrogens (tertiary/aromatic N) is 2. The molecular formula is C16H13F3N2O4S. The third kappa shape index (κ3) is 3.70. The summed E-state index contributed by atoms with van der Waals surface area (Å²) < 4.78 is 63.8. The van der Waals surface area contributed by atoms with Gasteiger partial charge in [0.15, 0.2) is 0 Å². The minimum absolute atomic E-state index is 0.0574. The standard InChI is InChI=1S/C16H13F3N2O4S/c17-16(18,19)12-3-1-11(2-4-12)9-14-10-20(14)26(24,25)15-7-5-13(6-8-15)21(22)23/h1-8,14H,9-10H2. The van der Waals surface area contributed by atoms with Crippen LogP contribution in [0, 0.1) is 10.1 Å². The SMILES string of the molecule is O=[N+]([O-])c1ccc(S(=O)(=O)N2CC2Cc2ccc(C(F)(F)F)cc2)cc1. The zero-order valence-corrected chi connectivity index (χ0v) is 14.0. The van der Waals surface area contributed by atoms with Crippen molar-refractivity contribution in [1.82, 2.24) is 4.31 Å². The Morgan fingerprint density at radius 3 is 2.15 bits per heavy atom. The highest BCUT2D eigenvalue weighted by atomic mass is 32.2. The van der Waals surface area contributed by atoms with E-state index in [1.54, 1.807) is 0 Å². The Bertz CT molecular complexity index is 925. The molecular weight excluding hydrogens is 373 g/mol. The zero-order chi connectivity index (χ0) is 19.1. The lowest BCUT2D eigenvalue weighted by Crippen LogP contribution is -2.15. The molecule has 0 N–H and O–H groups in total. The molecule has 6 nitrogen and oxygen atoms in total. The van der Waals surface area contributed by atoms with E-state index in [9.17, 15) is 31.7 Å². The highest BCUT2D eigenvalue weighted by Gasteiger charge is 2.44. The topological polar surface area (TPSA) is 80.3 Å². The average Bonchev–Trinajstić information content (AvgIpc) is 3.34. The molecule has 138 valence electrons. The van der Waals surface area contributed by atoms with E-state index >= 15 is 0 Å². The highest BCUT2D eigenvalue weighted by Crippen LogP contribution is 2.33. The van der Waals surface area contributed by atoms with Crippen LogP contribution in [0.15, 0.2) is 53.4 Å². The maximum absolute atomic E-state index is 12.5. The summed E-state index contributed by atoms with van der Waals surface area (Å²) in [5, 5.41) is 10.6. The third-order valence-electron chi connectivity index (χ3n) is 4.07. The number of sulfonamides is 1. The van der Waals surface area contributed by atoms with E-state index in [1.807, 2.05) is 0 Å². The second-order valence-electron chi connectivity index (χ2n) is 5.88. The molecule has 2 atom stereocenters. The molecule has 0 amide bonds. The number of nitro benzene ring substituents is 1. The number of hydrogen-bond donors (Lipinski definition) is 0. The summed E-state index contributed by atoms with van der Waals surface area (Å²) in [7, 11) is -3.78. The summed E-state index contributed by atoms with van der Waals surface area (Å²) in [6.07, 6.45) is -4.12. The summed E-state index contributed by atoms with van der Waals surface area (Å²) in [4.78, 5) is 9.94. The van der Waals surface area contributed by atoms with Gasteiger partial charge in [-0.05, 0) is 36.2 Å². The van der Waals surface area contributed by atoms with Gasteiger partial charge >= 0.3 is 6.18 Å². The van der Waals surface area contributed by atoms with Gasteiger partial charge < -0.3 is 0 Å². The Morgan fingerprint density at radius 1 is 1.08 bits per heavy atom. The summed E-state index contributed by atoms with van der Waals surface area (Å²) >= 11 is 0. The van der Waals surface area contributed by atoms with Gasteiger partial charge in [0, 0.05) is 24.7 Å². The number of alkyl halides is 3. The van der Waals surface area contributed by atoms with Crippen LogP contribution in [0.5, 0.6) is 0 Å². The summed E-state index contributed by atoms with van der Waals surface area (Å²) in [5.41, 5.74) is -0.368. The van der Waals surface area contributed by atoms with Crippen LogP contribution in [-0.4, -0.2) is 30.2 Å². The van der Waals surface area contributed by atoms with Crippen molar-refractivity contribution in [3.63, 3.8) is 0 Å². The van der Waals surface area contributed by atoms with Crippen molar-refractivity contribution in [3.8, 4) is 0 Å². The normalized spacial score (nSPS) is 20.0. The molecule has 2 aromatic carbocycles. The zero-order valence-electron chi connectivity index (χ0n) is 13.2. The van der Waals surface area contributed by atoms with Gasteiger partial charge in [-0.25, -0.2) is 8.42 Å². The monoisotopic (exact) mass is 386 g/mol. The molecule has 0 aromatic heterocycles. The van der Waals surface area contributed by atoms with Crippen molar-refractivity contribution < 1.29 is 26.5 Å². The Labute approximate surface area is 147 Å². The Hall–Kier alpha value is -2.46. The third-order valence-corrected chi connectivity index (χ3v) is 6.00. The lowest BCUT2D eigenvalue weighted by Gasteiger charge is -2.08. The van der Waals surface area contributed by atoms with E-state index in [-0.39, 0.29) is 23.2 Å². The van der Waals surface area contributed by atoms with Crippen LogP contribution in [0.25, 0.3) is 0 Å². The number of nitro groups is 1. The first-order chi connectivity index (χ1) is 12.1. The fourth-order valence-electron chi connectivity index (χ4n) is 2.60. The van der Waals surface area contributed by atoms with Gasteiger partial charge in [-0.1, -0.05) is 12.1 Å². The van der Waals surface area contributed by atoms with Gasteiger partial charge in [0.1, 0.15) is 0 Å². The predicted molar refractivity (Wildman–Crippen MR) is 85.9 cm³/mol. The second kappa shape index (κ2) is 6.36. The second-order valence-corrected chi connectivity index (χ2v) is 7.77. The van der Waals surface area contributed by atoms with Gasteiger partial charge in [0.2, 0.25) is 10.0 Å². The molecule has 0 aliphatic carbocycles. The molecule has 10 heteroatoms. The lowest BCUT2D eigenvalue weighted by atomic mass is 10.1. The number of benzene rings is 2. The van der Waals surface area contributed by atoms with Crippen molar-refractivity contribution >= 4 is 15.7 Å². The molecule has 3 rings (SSSR count). The maximum Gasteiger partial charge on any atom is 0.416 e. The van der Waals surface area contributed by atoms with Crippen LogP contribution in [-0.2, 0) is 22.6 Å². The summed E-state index contributed by atoms with van der Waals surface area (Å²) in [5.74, 6) is 0. The van der Waals surface area contributed by atoms with Crippen LogP contribution >= 0.6 is 0 Å². The van der Waals surface area contributed by atoms with Gasteiger partial charge in [-0.3, -0.25) is 10.1 Å². The quantitative estimate of drug-likeness (QED) is 0.449. The van der Waals surface area contributed by atoms with E-state index in [1.165, 1.54) is 28.6 Å². The number of hydrogen-bond acceptors (Lipinski definition) is 4. The molecule has 0 saturated carbocycles.